The Kier molecular flexibility index (Phi) is 3.61. The van der Waals surface area contributed by atoms with Crippen LogP contribution in [0, 0.1) is 6.92 Å². The Balaban J connectivity index is 2.12. The molecule has 0 atom stereocenters. The third-order valence-corrected chi connectivity index (χ3v) is 3.69. The van der Waals surface area contributed by atoms with Gasteiger partial charge in [0, 0.05) is 10.9 Å². The second-order valence-electron chi connectivity index (χ2n) is 5.22. The second-order valence-corrected chi connectivity index (χ2v) is 5.22. The van der Waals surface area contributed by atoms with Crippen molar-refractivity contribution in [3.8, 4) is 11.3 Å². The van der Waals surface area contributed by atoms with Gasteiger partial charge in [0.1, 0.15) is 0 Å². The summed E-state index contributed by atoms with van der Waals surface area (Å²) in [5.41, 5.74) is 4.64. The molecule has 2 aromatic carbocycles. The predicted molar refractivity (Wildman–Crippen MR) is 84.8 cm³/mol. The minimum Gasteiger partial charge on any atom is -0.478 e. The molecule has 4 nitrogen and oxygen atoms in total. The molecule has 110 valence electrons. The Bertz CT molecular complexity index is 854. The molecule has 0 unspecified atom stereocenters. The largest absolute Gasteiger partial charge is 0.478 e. The van der Waals surface area contributed by atoms with E-state index >= 15 is 0 Å². The number of carboxylic acids is 1. The number of aliphatic hydroxyl groups is 1. The van der Waals surface area contributed by atoms with Gasteiger partial charge in [0.25, 0.3) is 0 Å². The van der Waals surface area contributed by atoms with Gasteiger partial charge >= 0.3 is 5.97 Å². The van der Waals surface area contributed by atoms with Crippen LogP contribution in [0.2, 0.25) is 0 Å². The number of aromatic carboxylic acids is 1. The molecule has 0 saturated heterocycles. The molecule has 0 radical (unpaired) electrons. The number of aryl methyl sites for hydroxylation is 1. The number of hydrogen-bond donors (Lipinski definition) is 2. The van der Waals surface area contributed by atoms with Crippen molar-refractivity contribution in [3.63, 3.8) is 0 Å². The van der Waals surface area contributed by atoms with Crippen LogP contribution in [0.3, 0.4) is 0 Å². The van der Waals surface area contributed by atoms with Crippen molar-refractivity contribution >= 4 is 16.9 Å². The quantitative estimate of drug-likeness (QED) is 0.776. The Hall–Kier alpha value is -2.72. The summed E-state index contributed by atoms with van der Waals surface area (Å²) in [5.74, 6) is -0.943. The number of aliphatic hydroxyl groups excluding tert-OH is 1. The molecule has 22 heavy (non-hydrogen) atoms. The first kappa shape index (κ1) is 14.2. The van der Waals surface area contributed by atoms with E-state index in [-0.39, 0.29) is 12.2 Å². The number of rotatable bonds is 3. The van der Waals surface area contributed by atoms with E-state index < -0.39 is 5.97 Å². The fourth-order valence-electron chi connectivity index (χ4n) is 2.48. The minimum atomic E-state index is -0.943. The van der Waals surface area contributed by atoms with Crippen molar-refractivity contribution in [2.45, 2.75) is 13.5 Å². The molecular formula is C18H15NO3. The minimum absolute atomic E-state index is 0.0196. The predicted octanol–water partition coefficient (Wildman–Crippen LogP) is 3.40. The lowest BCUT2D eigenvalue weighted by Crippen LogP contribution is -1.96. The Labute approximate surface area is 127 Å². The van der Waals surface area contributed by atoms with Gasteiger partial charge in [-0.1, -0.05) is 24.3 Å². The molecule has 3 rings (SSSR count). The maximum atomic E-state index is 10.9. The molecule has 3 aromatic rings. The van der Waals surface area contributed by atoms with Gasteiger partial charge in [-0.2, -0.15) is 0 Å². The van der Waals surface area contributed by atoms with Crippen LogP contribution in [-0.4, -0.2) is 21.2 Å². The van der Waals surface area contributed by atoms with Crippen LogP contribution in [0.25, 0.3) is 22.2 Å². The number of hydrogen-bond acceptors (Lipinski definition) is 3. The van der Waals surface area contributed by atoms with Crippen molar-refractivity contribution in [2.24, 2.45) is 0 Å². The smallest absolute Gasteiger partial charge is 0.335 e. The van der Waals surface area contributed by atoms with E-state index in [1.54, 1.807) is 24.3 Å². The number of carbonyl (C=O) groups is 1. The highest BCUT2D eigenvalue weighted by molar-refractivity contribution is 5.89. The number of fused-ring (bicyclic) bond motifs is 1. The van der Waals surface area contributed by atoms with Crippen LogP contribution in [0.4, 0.5) is 0 Å². The molecule has 0 bridgehead atoms. The summed E-state index contributed by atoms with van der Waals surface area (Å²) in [7, 11) is 0. The third kappa shape index (κ3) is 2.56. The molecule has 0 aliphatic rings. The Morgan fingerprint density at radius 1 is 1.09 bits per heavy atom. The van der Waals surface area contributed by atoms with Crippen LogP contribution >= 0.6 is 0 Å². The SMILES string of the molecule is Cc1cc(-c2ccc(C(=O)O)cc2)nc2cc(CO)ccc12. The maximum absolute atomic E-state index is 10.9. The Morgan fingerprint density at radius 2 is 1.82 bits per heavy atom. The highest BCUT2D eigenvalue weighted by atomic mass is 16.4. The molecule has 0 aliphatic carbocycles. The van der Waals surface area contributed by atoms with E-state index in [0.717, 1.165) is 33.3 Å². The monoisotopic (exact) mass is 293 g/mol. The standard InChI is InChI=1S/C18H15NO3/c1-11-8-16(13-3-5-14(6-4-13)18(21)22)19-17-9-12(10-20)2-7-15(11)17/h2-9,20H,10H2,1H3,(H,21,22). The van der Waals surface area contributed by atoms with Crippen molar-refractivity contribution in [1.29, 1.82) is 0 Å². The average molecular weight is 293 g/mol. The number of nitrogens with zero attached hydrogens (tertiary/aromatic N) is 1. The summed E-state index contributed by atoms with van der Waals surface area (Å²) in [5, 5.41) is 19.2. The zero-order valence-electron chi connectivity index (χ0n) is 12.1. The number of benzene rings is 2. The van der Waals surface area contributed by atoms with Crippen LogP contribution < -0.4 is 0 Å². The molecule has 0 amide bonds. The lowest BCUT2D eigenvalue weighted by molar-refractivity contribution is 0.0697. The van der Waals surface area contributed by atoms with Crippen LogP contribution in [0.15, 0.2) is 48.5 Å². The van der Waals surface area contributed by atoms with Gasteiger partial charge < -0.3 is 10.2 Å². The first-order valence-corrected chi connectivity index (χ1v) is 6.93. The lowest BCUT2D eigenvalue weighted by Gasteiger charge is -2.08. The van der Waals surface area contributed by atoms with Crippen molar-refractivity contribution in [2.75, 3.05) is 0 Å². The number of aromatic nitrogens is 1. The average Bonchev–Trinajstić information content (AvgIpc) is 2.54. The molecule has 0 spiro atoms. The number of pyridine rings is 1. The number of carboxylic acid groups (broad SMARTS) is 1. The molecule has 0 fully saturated rings. The van der Waals surface area contributed by atoms with E-state index in [1.165, 1.54) is 0 Å². The van der Waals surface area contributed by atoms with Crippen molar-refractivity contribution < 1.29 is 15.0 Å². The van der Waals surface area contributed by atoms with Gasteiger partial charge in [0.15, 0.2) is 0 Å². The molecule has 1 heterocycles. The molecule has 1 aromatic heterocycles. The summed E-state index contributed by atoms with van der Waals surface area (Å²) in [6, 6.07) is 14.4. The maximum Gasteiger partial charge on any atom is 0.335 e. The highest BCUT2D eigenvalue weighted by Crippen LogP contribution is 2.25. The summed E-state index contributed by atoms with van der Waals surface area (Å²) in [6.45, 7) is 1.99. The summed E-state index contributed by atoms with van der Waals surface area (Å²) in [6.07, 6.45) is 0. The van der Waals surface area contributed by atoms with E-state index in [2.05, 4.69) is 4.98 Å². The zero-order chi connectivity index (χ0) is 15.7. The van der Waals surface area contributed by atoms with Crippen LogP contribution in [0.5, 0.6) is 0 Å². The zero-order valence-corrected chi connectivity index (χ0v) is 12.1. The normalized spacial score (nSPS) is 10.8. The van der Waals surface area contributed by atoms with Gasteiger partial charge in [-0.15, -0.1) is 0 Å². The first-order chi connectivity index (χ1) is 10.6. The van der Waals surface area contributed by atoms with Gasteiger partial charge in [-0.3, -0.25) is 0 Å². The fourth-order valence-corrected chi connectivity index (χ4v) is 2.48. The van der Waals surface area contributed by atoms with Gasteiger partial charge in [0.2, 0.25) is 0 Å². The van der Waals surface area contributed by atoms with Crippen molar-refractivity contribution in [3.05, 3.63) is 65.2 Å². The lowest BCUT2D eigenvalue weighted by atomic mass is 10.0. The van der Waals surface area contributed by atoms with E-state index in [9.17, 15) is 9.90 Å². The molecule has 0 saturated carbocycles. The van der Waals surface area contributed by atoms with Crippen LogP contribution in [-0.2, 0) is 6.61 Å². The summed E-state index contributed by atoms with van der Waals surface area (Å²) < 4.78 is 0. The van der Waals surface area contributed by atoms with Gasteiger partial charge in [-0.25, -0.2) is 9.78 Å². The molecule has 0 aliphatic heterocycles. The van der Waals surface area contributed by atoms with Gasteiger partial charge in [-0.05, 0) is 42.3 Å². The van der Waals surface area contributed by atoms with E-state index in [0.29, 0.717) is 0 Å². The van der Waals surface area contributed by atoms with Gasteiger partial charge in [0.05, 0.1) is 23.4 Å². The topological polar surface area (TPSA) is 70.4 Å². The summed E-state index contributed by atoms with van der Waals surface area (Å²) in [4.78, 5) is 15.5. The van der Waals surface area contributed by atoms with Crippen LogP contribution in [0.1, 0.15) is 21.5 Å². The molecule has 2 N–H and O–H groups in total. The summed E-state index contributed by atoms with van der Waals surface area (Å²) >= 11 is 0. The Morgan fingerprint density at radius 3 is 2.45 bits per heavy atom. The first-order valence-electron chi connectivity index (χ1n) is 6.93. The third-order valence-electron chi connectivity index (χ3n) is 3.69. The highest BCUT2D eigenvalue weighted by Gasteiger charge is 2.07. The second kappa shape index (κ2) is 5.58. The van der Waals surface area contributed by atoms with Crippen molar-refractivity contribution in [1.82, 2.24) is 4.98 Å². The fraction of sp³-hybridized carbons (Fsp3) is 0.111. The molecular weight excluding hydrogens is 278 g/mol. The van der Waals surface area contributed by atoms with E-state index in [1.807, 2.05) is 31.2 Å². The van der Waals surface area contributed by atoms with E-state index in [4.69, 9.17) is 5.11 Å². The molecule has 4 heteroatoms.